The number of carboxylic acid groups (broad SMARTS) is 5. The fraction of sp³-hybridized carbons (Fsp3) is 0.533. The minimum atomic E-state index is -2.19. The smallest absolute Gasteiger partial charge is 0.305 e. The minimum absolute atomic E-state index is 0.0148. The highest BCUT2D eigenvalue weighted by molar-refractivity contribution is 7.98. The molecule has 27 N–H and O–H groups in total. The Hall–Kier alpha value is -15.5. The zero-order chi connectivity index (χ0) is 109. The average molecular weight is 2070 g/mol. The van der Waals surface area contributed by atoms with Crippen LogP contribution in [0.1, 0.15) is 148 Å². The van der Waals surface area contributed by atoms with Crippen LogP contribution in [0.25, 0.3) is 0 Å². The lowest BCUT2D eigenvalue weighted by molar-refractivity contribution is -0.148. The molecule has 3 aromatic rings. The summed E-state index contributed by atoms with van der Waals surface area (Å²) in [5.41, 5.74) is 12.2. The Kier molecular flexibility index (Phi) is 47.6. The van der Waals surface area contributed by atoms with Crippen molar-refractivity contribution in [1.82, 2.24) is 94.5 Å². The van der Waals surface area contributed by atoms with Gasteiger partial charge in [-0.05, 0) is 118 Å². The minimum Gasteiger partial charge on any atom is -0.508 e. The van der Waals surface area contributed by atoms with Crippen LogP contribution in [0.5, 0.6) is 5.75 Å². The molecule has 3 heterocycles. The average Bonchev–Trinajstić information content (AvgIpc) is 1.63. The van der Waals surface area contributed by atoms with Crippen molar-refractivity contribution in [1.29, 1.82) is 0 Å². The summed E-state index contributed by atoms with van der Waals surface area (Å²) in [5, 5.41) is 115. The molecule has 146 heavy (non-hydrogen) atoms. The van der Waals surface area contributed by atoms with Gasteiger partial charge in [0.05, 0.1) is 51.4 Å². The van der Waals surface area contributed by atoms with Crippen LogP contribution in [0, 0.1) is 5.92 Å². The number of carboxylic acids is 5. The summed E-state index contributed by atoms with van der Waals surface area (Å²) in [6, 6.07) is -8.66. The highest BCUT2D eigenvalue weighted by Crippen LogP contribution is 2.28. The van der Waals surface area contributed by atoms with Gasteiger partial charge in [0.2, 0.25) is 118 Å². The number of likely N-dealkylation sites (tertiary alicyclic amines) is 3. The first-order valence-electron chi connectivity index (χ1n) is 46.6. The molecule has 0 aromatic heterocycles. The van der Waals surface area contributed by atoms with E-state index in [-0.39, 0.29) is 88.1 Å². The second kappa shape index (κ2) is 58.3. The van der Waals surface area contributed by atoms with Crippen LogP contribution in [0.15, 0.2) is 84.9 Å². The highest BCUT2D eigenvalue weighted by atomic mass is 32.2. The molecule has 3 aliphatic rings. The number of nitrogens with zero attached hydrogens (tertiary/aromatic N) is 3. The maximum absolute atomic E-state index is 14.7. The number of rotatable bonds is 59. The van der Waals surface area contributed by atoms with Gasteiger partial charge in [-0.15, -0.1) is 0 Å². The summed E-state index contributed by atoms with van der Waals surface area (Å²) < 4.78 is 0. The number of nitrogens with two attached hydrogens (primary N) is 2. The van der Waals surface area contributed by atoms with E-state index < -0.39 is 334 Å². The van der Waals surface area contributed by atoms with Crippen LogP contribution in [-0.4, -0.2) is 357 Å². The van der Waals surface area contributed by atoms with Gasteiger partial charge in [-0.25, -0.2) is 0 Å². The Bertz CT molecular complexity index is 5240. The number of carbonyl (C=O) groups excluding carboxylic acids is 20. The number of thioether (sulfide) groups is 1. The van der Waals surface area contributed by atoms with E-state index in [1.807, 2.05) is 0 Å². The quantitative estimate of drug-likeness (QED) is 0.0250. The fourth-order valence-electron chi connectivity index (χ4n) is 16.1. The Morgan fingerprint density at radius 3 is 1.18 bits per heavy atom. The van der Waals surface area contributed by atoms with Gasteiger partial charge in [-0.3, -0.25) is 120 Å². The molecule has 0 aliphatic carbocycles. The number of aliphatic hydroxyl groups excluding tert-OH is 2. The van der Waals surface area contributed by atoms with Gasteiger partial charge in [0, 0.05) is 52.2 Å². The number of nitrogens with one attached hydrogen (secondary N) is 15. The molecular weight excluding hydrogens is 1950 g/mol. The first-order chi connectivity index (χ1) is 68.9. The summed E-state index contributed by atoms with van der Waals surface area (Å²) in [6.07, 6.45) is -8.18. The Balaban J connectivity index is 1.10. The topological polar surface area (TPSA) is 831 Å². The van der Waals surface area contributed by atoms with E-state index in [0.29, 0.717) is 17.5 Å². The van der Waals surface area contributed by atoms with Crippen LogP contribution >= 0.6 is 11.8 Å². The molecule has 3 fully saturated rings. The predicted molar refractivity (Wildman–Crippen MR) is 508 cm³/mol. The molecule has 20 amide bonds. The van der Waals surface area contributed by atoms with Crippen LogP contribution in [0.2, 0.25) is 0 Å². The molecule has 0 bridgehead atoms. The molecule has 798 valence electrons. The zero-order valence-corrected chi connectivity index (χ0v) is 81.5. The third kappa shape index (κ3) is 38.6. The van der Waals surface area contributed by atoms with Gasteiger partial charge in [-0.2, -0.15) is 11.8 Å². The maximum atomic E-state index is 14.7. The largest absolute Gasteiger partial charge is 0.508 e. The number of aliphatic hydroxyl groups is 2. The molecule has 0 spiro atoms. The number of phenolic OH excluding ortho intramolecular Hbond substituents is 1. The van der Waals surface area contributed by atoms with Crippen molar-refractivity contribution in [2.75, 3.05) is 44.8 Å². The van der Waals surface area contributed by atoms with Crippen molar-refractivity contribution in [2.24, 2.45) is 17.4 Å². The van der Waals surface area contributed by atoms with Gasteiger partial charge in [0.1, 0.15) is 108 Å². The van der Waals surface area contributed by atoms with Gasteiger partial charge in [0.15, 0.2) is 0 Å². The Morgan fingerprint density at radius 2 is 0.760 bits per heavy atom. The molecule has 0 saturated carbocycles. The van der Waals surface area contributed by atoms with Crippen molar-refractivity contribution >= 4 is 160 Å². The van der Waals surface area contributed by atoms with Gasteiger partial charge in [-0.1, -0.05) is 86.6 Å². The molecule has 3 aliphatic heterocycles. The number of hydrogen-bond acceptors (Lipinski definition) is 29. The third-order valence-electron chi connectivity index (χ3n) is 23.4. The van der Waals surface area contributed by atoms with Crippen LogP contribution in [-0.2, 0) is 139 Å². The van der Waals surface area contributed by atoms with E-state index in [4.69, 9.17) is 11.5 Å². The SMILES string of the molecule is CSCC[C@H](NC(=O)CNC(=O)[C@@H](NC(=O)[C@H](Cc1ccccc1)NC(=O)[C@H](CC(N)=O)NC(=O)[C@H](CC(C)C)NC(=O)[C@H](CC(=O)O)NC(=O)[C@H](CC(=O)O)NC(=O)[C@H](Cc1ccccc1)NC(C)=O)[C@@H](C)O)C(=O)N1CCC[C@H]1C(=O)N1CCC[C@H]1C(=O)N[C@@H](C)C(=O)N[C@@H](CC(=O)O)C(=O)N[C@@H](CCC(=O)O)C(=O)N[C@@H](CC(=O)O)C(=O)N[C@@H](Cc1ccc(O)cc1)C(=O)N[C@@H](CO)C(=O)N1CCC[C@H]1C(N)=O. The van der Waals surface area contributed by atoms with E-state index >= 15 is 0 Å². The lowest BCUT2D eigenvalue weighted by atomic mass is 10.0. The zero-order valence-electron chi connectivity index (χ0n) is 80.7. The van der Waals surface area contributed by atoms with Gasteiger partial charge < -0.3 is 147 Å². The predicted octanol–water partition coefficient (Wildman–Crippen LogP) is -8.37. The van der Waals surface area contributed by atoms with Crippen molar-refractivity contribution in [2.45, 2.75) is 259 Å². The molecule has 54 heteroatoms. The molecule has 18 atom stereocenters. The monoisotopic (exact) mass is 2070 g/mol. The van der Waals surface area contributed by atoms with Crippen LogP contribution in [0.3, 0.4) is 0 Å². The number of aliphatic carboxylic acids is 5. The Labute approximate surface area is 839 Å². The van der Waals surface area contributed by atoms with E-state index in [0.717, 1.165) is 30.6 Å². The summed E-state index contributed by atoms with van der Waals surface area (Å²) in [5.74, 6) is -31.6. The van der Waals surface area contributed by atoms with E-state index in [1.54, 1.807) is 68.6 Å². The second-order valence-electron chi connectivity index (χ2n) is 35.5. The maximum Gasteiger partial charge on any atom is 0.305 e. The molecule has 3 saturated heterocycles. The number of hydrogen-bond donors (Lipinski definition) is 25. The standard InChI is InChI=1S/C92H126N20O33S/c1-45(2)34-55(101-84(137)62(41-73(125)126)107-86(139)63(42-74(127)128)106-80(133)56(97-48(5)115)35-49-16-9-7-10-17-49)79(132)104-59(38-68(93)117)82(135)103-58(36-50-18-11-8-12-19-50)87(140)109-75(47(4)114)89(142)95-43-69(118)98-54(29-33-146-6)90(143)112-32-15-22-67(112)92(145)111-31-14-21-66(111)88(141)96-46(3)77(130)100-60(39-71(121)122)83(136)99-53(27-28-70(119)120)78(131)105-61(40-72(123)124)85(138)102-57(37-51-23-25-52(116)26-24-51)81(134)108-64(44-113)91(144)110-30-13-20-65(110)76(94)129/h7-12,16-19,23-26,45-47,53-67,75,113-114,116H,13-15,20-22,27-44H2,1-6H3,(H2,93,117)(H2,94,129)(H,95,142)(H,96,141)(H,97,115)(H,98,118)(H,99,136)(H,100,130)(H,101,137)(H,102,138)(H,103,135)(H,104,132)(H,105,131)(H,106,133)(H,107,139)(H,108,134)(H,109,140)(H,119,120)(H,121,122)(H,123,124)(H,125,126)(H,127,128)/t46-,47+,53-,54-,55-,56-,57-,58-,59-,60-,61-,62-,63-,64-,65-,66-,67-,75-/m0/s1. The number of primary amides is 2. The number of amides is 20. The lowest BCUT2D eigenvalue weighted by Gasteiger charge is -2.33. The fourth-order valence-corrected chi connectivity index (χ4v) is 16.6. The normalized spacial score (nSPS) is 17.3. The molecule has 3 aromatic carbocycles. The van der Waals surface area contributed by atoms with Crippen LogP contribution < -0.4 is 91.2 Å². The number of carbonyl (C=O) groups is 25. The lowest BCUT2D eigenvalue weighted by Crippen LogP contribution is -2.61. The summed E-state index contributed by atoms with van der Waals surface area (Å²) in [7, 11) is 0. The van der Waals surface area contributed by atoms with Crippen molar-refractivity contribution in [3.05, 3.63) is 102 Å². The molecule has 0 radical (unpaired) electrons. The number of phenols is 1. The van der Waals surface area contributed by atoms with Crippen molar-refractivity contribution in [3.8, 4) is 5.75 Å². The van der Waals surface area contributed by atoms with Gasteiger partial charge in [0.25, 0.3) is 0 Å². The highest BCUT2D eigenvalue weighted by Gasteiger charge is 2.47. The summed E-state index contributed by atoms with van der Waals surface area (Å²) in [4.78, 5) is 342. The Morgan fingerprint density at radius 1 is 0.390 bits per heavy atom. The molecule has 53 nitrogen and oxygen atoms in total. The second-order valence-corrected chi connectivity index (χ2v) is 36.5. The summed E-state index contributed by atoms with van der Waals surface area (Å²) in [6.45, 7) is 4.34. The van der Waals surface area contributed by atoms with E-state index in [1.165, 1.54) is 53.1 Å². The van der Waals surface area contributed by atoms with Gasteiger partial charge >= 0.3 is 29.8 Å². The first-order valence-corrected chi connectivity index (χ1v) is 48.0. The van der Waals surface area contributed by atoms with E-state index in [2.05, 4.69) is 79.8 Å². The van der Waals surface area contributed by atoms with E-state index in [9.17, 15) is 161 Å². The van der Waals surface area contributed by atoms with Crippen molar-refractivity contribution < 1.29 is 161 Å². The number of aromatic hydroxyl groups is 1. The molecule has 0 unspecified atom stereocenters. The number of benzene rings is 3. The third-order valence-corrected chi connectivity index (χ3v) is 24.1. The molecule has 6 rings (SSSR count). The molecular formula is C92H126N20O33S. The first kappa shape index (κ1) is 119. The van der Waals surface area contributed by atoms with Crippen molar-refractivity contribution in [3.63, 3.8) is 0 Å². The van der Waals surface area contributed by atoms with Crippen LogP contribution in [0.4, 0.5) is 0 Å². The summed E-state index contributed by atoms with van der Waals surface area (Å²) >= 11 is 1.26.